The second-order valence-electron chi connectivity index (χ2n) is 6.91. The molecule has 0 fully saturated rings. The molecule has 0 radical (unpaired) electrons. The SMILES string of the molecule is CN(C)c1ccc(CNC(=O)COC(=O)[C@H]2COc3ccc(Cl)cc3C2)cc1. The number of nitrogens with one attached hydrogen (secondary N) is 1. The number of carbonyl (C=O) groups is 2. The minimum absolute atomic E-state index is 0.229. The first-order valence-corrected chi connectivity index (χ1v) is 9.41. The molecular weight excluding hydrogens is 380 g/mol. The van der Waals surface area contributed by atoms with Gasteiger partial charge in [0.2, 0.25) is 0 Å². The fourth-order valence-corrected chi connectivity index (χ4v) is 3.13. The third kappa shape index (κ3) is 5.16. The number of fused-ring (bicyclic) bond motifs is 1. The maximum absolute atomic E-state index is 12.3. The van der Waals surface area contributed by atoms with Gasteiger partial charge in [0, 0.05) is 31.4 Å². The highest BCUT2D eigenvalue weighted by Crippen LogP contribution is 2.30. The van der Waals surface area contributed by atoms with E-state index >= 15 is 0 Å². The average Bonchev–Trinajstić information content (AvgIpc) is 2.70. The van der Waals surface area contributed by atoms with Crippen LogP contribution in [0.2, 0.25) is 5.02 Å². The summed E-state index contributed by atoms with van der Waals surface area (Å²) in [4.78, 5) is 26.2. The summed E-state index contributed by atoms with van der Waals surface area (Å²) < 4.78 is 10.7. The first-order valence-electron chi connectivity index (χ1n) is 9.03. The average molecular weight is 403 g/mol. The Balaban J connectivity index is 1.43. The normalized spacial score (nSPS) is 15.2. The molecule has 1 atom stereocenters. The molecular formula is C21H23ClN2O4. The van der Waals surface area contributed by atoms with Gasteiger partial charge >= 0.3 is 5.97 Å². The number of anilines is 1. The van der Waals surface area contributed by atoms with E-state index in [0.717, 1.165) is 22.6 Å². The fraction of sp³-hybridized carbons (Fsp3) is 0.333. The Labute approximate surface area is 169 Å². The largest absolute Gasteiger partial charge is 0.492 e. The minimum Gasteiger partial charge on any atom is -0.492 e. The van der Waals surface area contributed by atoms with Crippen LogP contribution < -0.4 is 15.0 Å². The molecule has 3 rings (SSSR count). The van der Waals surface area contributed by atoms with Crippen molar-refractivity contribution in [2.24, 2.45) is 5.92 Å². The molecule has 28 heavy (non-hydrogen) atoms. The fourth-order valence-electron chi connectivity index (χ4n) is 2.93. The van der Waals surface area contributed by atoms with E-state index in [1.54, 1.807) is 18.2 Å². The number of hydrogen-bond acceptors (Lipinski definition) is 5. The van der Waals surface area contributed by atoms with Gasteiger partial charge in [-0.1, -0.05) is 23.7 Å². The maximum atomic E-state index is 12.3. The van der Waals surface area contributed by atoms with E-state index in [1.807, 2.05) is 43.3 Å². The zero-order chi connectivity index (χ0) is 20.1. The van der Waals surface area contributed by atoms with Crippen molar-refractivity contribution in [3.8, 4) is 5.75 Å². The summed E-state index contributed by atoms with van der Waals surface area (Å²) in [6, 6.07) is 13.2. The highest BCUT2D eigenvalue weighted by molar-refractivity contribution is 6.30. The van der Waals surface area contributed by atoms with Gasteiger partial charge < -0.3 is 19.7 Å². The van der Waals surface area contributed by atoms with Crippen LogP contribution >= 0.6 is 11.6 Å². The molecule has 148 valence electrons. The highest BCUT2D eigenvalue weighted by atomic mass is 35.5. The second-order valence-corrected chi connectivity index (χ2v) is 7.35. The van der Waals surface area contributed by atoms with Crippen molar-refractivity contribution in [1.82, 2.24) is 5.32 Å². The van der Waals surface area contributed by atoms with Gasteiger partial charge in [0.15, 0.2) is 6.61 Å². The van der Waals surface area contributed by atoms with Gasteiger partial charge in [0.1, 0.15) is 12.4 Å². The molecule has 7 heteroatoms. The van der Waals surface area contributed by atoms with Gasteiger partial charge in [0.25, 0.3) is 5.91 Å². The Morgan fingerprint density at radius 1 is 1.21 bits per heavy atom. The van der Waals surface area contributed by atoms with E-state index < -0.39 is 11.9 Å². The Morgan fingerprint density at radius 3 is 2.68 bits per heavy atom. The Bertz CT molecular complexity index is 852. The van der Waals surface area contributed by atoms with Gasteiger partial charge in [0.05, 0.1) is 5.92 Å². The molecule has 2 aromatic carbocycles. The van der Waals surface area contributed by atoms with Crippen LogP contribution in [0.3, 0.4) is 0 Å². The van der Waals surface area contributed by atoms with E-state index in [1.165, 1.54) is 0 Å². The number of rotatable bonds is 6. The first-order chi connectivity index (χ1) is 13.4. The molecule has 1 heterocycles. The Kier molecular flexibility index (Phi) is 6.41. The quantitative estimate of drug-likeness (QED) is 0.752. The number of benzene rings is 2. The van der Waals surface area contributed by atoms with Crippen LogP contribution in [0.4, 0.5) is 5.69 Å². The van der Waals surface area contributed by atoms with Gasteiger partial charge in [-0.15, -0.1) is 0 Å². The molecule has 1 amide bonds. The van der Waals surface area contributed by atoms with E-state index in [0.29, 0.717) is 18.0 Å². The van der Waals surface area contributed by atoms with Crippen LogP contribution in [0.1, 0.15) is 11.1 Å². The first kappa shape index (κ1) is 20.0. The molecule has 0 aliphatic carbocycles. The van der Waals surface area contributed by atoms with Gasteiger partial charge in [-0.05, 0) is 47.9 Å². The molecule has 0 aromatic heterocycles. The smallest absolute Gasteiger partial charge is 0.313 e. The molecule has 2 aromatic rings. The number of halogens is 1. The molecule has 1 aliphatic heterocycles. The molecule has 6 nitrogen and oxygen atoms in total. The van der Waals surface area contributed by atoms with Crippen LogP contribution in [0.15, 0.2) is 42.5 Å². The number of hydrogen-bond donors (Lipinski definition) is 1. The maximum Gasteiger partial charge on any atom is 0.313 e. The summed E-state index contributed by atoms with van der Waals surface area (Å²) >= 11 is 5.99. The van der Waals surface area contributed by atoms with Crippen molar-refractivity contribution in [2.45, 2.75) is 13.0 Å². The van der Waals surface area contributed by atoms with Gasteiger partial charge in [-0.3, -0.25) is 9.59 Å². The number of carbonyl (C=O) groups excluding carboxylic acids is 2. The zero-order valence-corrected chi connectivity index (χ0v) is 16.7. The van der Waals surface area contributed by atoms with Crippen LogP contribution in [0, 0.1) is 5.92 Å². The van der Waals surface area contributed by atoms with Gasteiger partial charge in [-0.2, -0.15) is 0 Å². The summed E-state index contributed by atoms with van der Waals surface area (Å²) in [5, 5.41) is 3.34. The summed E-state index contributed by atoms with van der Waals surface area (Å²) in [6.45, 7) is 0.295. The molecule has 0 unspecified atom stereocenters. The third-order valence-electron chi connectivity index (χ3n) is 4.55. The molecule has 1 aliphatic rings. The molecule has 0 saturated carbocycles. The predicted molar refractivity (Wildman–Crippen MR) is 108 cm³/mol. The van der Waals surface area contributed by atoms with E-state index in [9.17, 15) is 9.59 Å². The van der Waals surface area contributed by atoms with Crippen molar-refractivity contribution < 1.29 is 19.1 Å². The zero-order valence-electron chi connectivity index (χ0n) is 15.9. The lowest BCUT2D eigenvalue weighted by molar-refractivity contribution is -0.153. The van der Waals surface area contributed by atoms with Crippen molar-refractivity contribution >= 4 is 29.2 Å². The lowest BCUT2D eigenvalue weighted by Crippen LogP contribution is -2.33. The topological polar surface area (TPSA) is 67.9 Å². The predicted octanol–water partition coefficient (Wildman–Crippen LogP) is 2.82. The Hall–Kier alpha value is -2.73. The molecule has 0 saturated heterocycles. The van der Waals surface area contributed by atoms with E-state index in [-0.39, 0.29) is 19.1 Å². The summed E-state index contributed by atoms with van der Waals surface area (Å²) in [5.41, 5.74) is 2.92. The second kappa shape index (κ2) is 8.97. The lowest BCUT2D eigenvalue weighted by Gasteiger charge is -2.24. The van der Waals surface area contributed by atoms with Crippen molar-refractivity contribution in [3.63, 3.8) is 0 Å². The van der Waals surface area contributed by atoms with Crippen molar-refractivity contribution in [2.75, 3.05) is 32.2 Å². The number of esters is 1. The number of amides is 1. The molecule has 0 spiro atoms. The monoisotopic (exact) mass is 402 g/mol. The van der Waals surface area contributed by atoms with Crippen LogP contribution in [0.5, 0.6) is 5.75 Å². The summed E-state index contributed by atoms with van der Waals surface area (Å²) in [6.07, 6.45) is 0.481. The summed E-state index contributed by atoms with van der Waals surface area (Å²) in [5.74, 6) is -0.509. The standard InChI is InChI=1S/C21H23ClN2O4/c1-24(2)18-6-3-14(4-7-18)11-23-20(25)13-28-21(26)16-9-15-10-17(22)5-8-19(15)27-12-16/h3-8,10,16H,9,11-13H2,1-2H3,(H,23,25)/t16-/m1/s1. The van der Waals surface area contributed by atoms with Crippen LogP contribution in [0.25, 0.3) is 0 Å². The minimum atomic E-state index is -0.448. The Morgan fingerprint density at radius 2 is 1.96 bits per heavy atom. The van der Waals surface area contributed by atoms with E-state index in [2.05, 4.69) is 5.32 Å². The lowest BCUT2D eigenvalue weighted by atomic mass is 9.97. The third-order valence-corrected chi connectivity index (χ3v) is 4.79. The van der Waals surface area contributed by atoms with Crippen molar-refractivity contribution in [1.29, 1.82) is 0 Å². The van der Waals surface area contributed by atoms with E-state index in [4.69, 9.17) is 21.1 Å². The molecule has 0 bridgehead atoms. The summed E-state index contributed by atoms with van der Waals surface area (Å²) in [7, 11) is 3.94. The number of nitrogens with zero attached hydrogens (tertiary/aromatic N) is 1. The van der Waals surface area contributed by atoms with Gasteiger partial charge in [-0.25, -0.2) is 0 Å². The highest BCUT2D eigenvalue weighted by Gasteiger charge is 2.27. The van der Waals surface area contributed by atoms with Crippen molar-refractivity contribution in [3.05, 3.63) is 58.6 Å². The molecule has 1 N–H and O–H groups in total. The van der Waals surface area contributed by atoms with Crippen LogP contribution in [-0.4, -0.2) is 39.2 Å². The number of ether oxygens (including phenoxy) is 2. The van der Waals surface area contributed by atoms with Crippen LogP contribution in [-0.2, 0) is 27.3 Å².